The van der Waals surface area contributed by atoms with E-state index in [2.05, 4.69) is 0 Å². The van der Waals surface area contributed by atoms with E-state index in [0.717, 1.165) is 4.83 Å². The van der Waals surface area contributed by atoms with Crippen molar-refractivity contribution in [2.24, 2.45) is 5.92 Å². The molecule has 0 radical (unpaired) electrons. The molecule has 2 aliphatic heterocycles. The molecular weight excluding hydrogens is 318 g/mol. The van der Waals surface area contributed by atoms with E-state index in [1.54, 1.807) is 18.3 Å². The Morgan fingerprint density at radius 2 is 2.39 bits per heavy atom. The monoisotopic (exact) mass is 333 g/mol. The average Bonchev–Trinajstić information content (AvgIpc) is 3.10. The number of aliphatic hydroxyl groups is 1. The summed E-state index contributed by atoms with van der Waals surface area (Å²) < 4.78 is 3.86. The molecule has 8 heteroatoms. The number of imidazole rings is 1. The molecule has 4 rings (SSSR count). The van der Waals surface area contributed by atoms with Crippen LogP contribution in [0.1, 0.15) is 13.3 Å². The summed E-state index contributed by atoms with van der Waals surface area (Å²) in [7, 11) is 0. The number of fused-ring (bicyclic) bond motifs is 2. The highest BCUT2D eigenvalue weighted by atomic mass is 32.1. The van der Waals surface area contributed by atoms with Gasteiger partial charge >= 0.3 is 0 Å². The fourth-order valence-corrected chi connectivity index (χ4v) is 4.38. The molecule has 0 unspecified atom stereocenters. The number of carboxylic acid groups (broad SMARTS) is 1. The molecule has 0 bridgehead atoms. The summed E-state index contributed by atoms with van der Waals surface area (Å²) in [6.45, 7) is 1.96. The van der Waals surface area contributed by atoms with Gasteiger partial charge in [-0.2, -0.15) is 4.40 Å². The van der Waals surface area contributed by atoms with Gasteiger partial charge in [-0.25, -0.2) is 4.57 Å². The van der Waals surface area contributed by atoms with Crippen LogP contribution in [0.5, 0.6) is 0 Å². The highest BCUT2D eigenvalue weighted by Crippen LogP contribution is 2.43. The van der Waals surface area contributed by atoms with E-state index in [-0.39, 0.29) is 17.6 Å². The zero-order valence-corrected chi connectivity index (χ0v) is 13.2. The Labute approximate surface area is 135 Å². The molecule has 0 saturated carbocycles. The number of aromatic nitrogens is 2. The van der Waals surface area contributed by atoms with Crippen molar-refractivity contribution < 1.29 is 24.2 Å². The number of rotatable bonds is 4. The van der Waals surface area contributed by atoms with Crippen LogP contribution in [0.3, 0.4) is 0 Å². The predicted molar refractivity (Wildman–Crippen MR) is 77.9 cm³/mol. The van der Waals surface area contributed by atoms with E-state index in [1.165, 1.54) is 4.90 Å². The maximum atomic E-state index is 12.1. The van der Waals surface area contributed by atoms with E-state index in [0.29, 0.717) is 18.5 Å². The summed E-state index contributed by atoms with van der Waals surface area (Å²) in [6, 6.07) is -0.269. The Morgan fingerprint density at radius 1 is 1.61 bits per heavy atom. The van der Waals surface area contributed by atoms with Gasteiger partial charge < -0.3 is 19.9 Å². The highest BCUT2D eigenvalue weighted by molar-refractivity contribution is 7.14. The van der Waals surface area contributed by atoms with Crippen molar-refractivity contribution in [2.45, 2.75) is 32.0 Å². The van der Waals surface area contributed by atoms with Crippen molar-refractivity contribution in [1.29, 1.82) is 0 Å². The summed E-state index contributed by atoms with van der Waals surface area (Å²) in [5.41, 5.74) is 0.633. The first-order valence-electron chi connectivity index (χ1n) is 7.36. The van der Waals surface area contributed by atoms with Gasteiger partial charge in [-0.1, -0.05) is 11.3 Å². The first-order chi connectivity index (χ1) is 11.0. The summed E-state index contributed by atoms with van der Waals surface area (Å²) in [5, 5.41) is 23.2. The number of carbonyl (C=O) groups excluding carboxylic acids is 2. The van der Waals surface area contributed by atoms with Crippen molar-refractivity contribution >= 4 is 28.0 Å². The highest BCUT2D eigenvalue weighted by Gasteiger charge is 2.55. The number of amides is 1. The molecule has 23 heavy (non-hydrogen) atoms. The second kappa shape index (κ2) is 4.90. The van der Waals surface area contributed by atoms with E-state index in [1.807, 2.05) is 33.1 Å². The first-order valence-corrected chi connectivity index (χ1v) is 8.24. The SMILES string of the molecule is C[C@@H](O)[C@H]1C(=O)N2C(C(=O)[O-])=C(Cn3cc4scc[n+]4c3)C[C@H]12. The Morgan fingerprint density at radius 3 is 3.04 bits per heavy atom. The molecule has 1 fully saturated rings. The third-order valence-corrected chi connectivity index (χ3v) is 5.42. The number of hydrogen-bond acceptors (Lipinski definition) is 5. The maximum Gasteiger partial charge on any atom is 0.249 e. The average molecular weight is 333 g/mol. The molecule has 3 atom stereocenters. The minimum atomic E-state index is -1.33. The lowest BCUT2D eigenvalue weighted by molar-refractivity contribution is -0.508. The second-order valence-corrected chi connectivity index (χ2v) is 6.98. The minimum absolute atomic E-state index is 0.0287. The number of hydrogen-bond donors (Lipinski definition) is 1. The molecule has 0 aliphatic carbocycles. The van der Waals surface area contributed by atoms with Crippen LogP contribution in [0.15, 0.2) is 35.4 Å². The van der Waals surface area contributed by atoms with Crippen LogP contribution in [-0.2, 0) is 16.1 Å². The molecule has 2 aromatic rings. The third-order valence-electron chi connectivity index (χ3n) is 4.60. The fourth-order valence-electron chi connectivity index (χ4n) is 3.63. The van der Waals surface area contributed by atoms with Crippen molar-refractivity contribution in [2.75, 3.05) is 0 Å². The second-order valence-electron chi connectivity index (χ2n) is 6.05. The standard InChI is InChI=1S/C15H15N3O4S/c1-8(19)12-10-4-9(13(15(21)22)18(10)14(12)20)5-16-6-11-17(7-16)2-3-23-11/h2-3,6-8,10,12,19H,4-5H2,1H3/t8-,10-,12-/m1/s1. The molecule has 4 heterocycles. The molecule has 1 amide bonds. The van der Waals surface area contributed by atoms with Crippen LogP contribution in [-0.4, -0.2) is 38.6 Å². The zero-order chi connectivity index (χ0) is 16.3. The lowest BCUT2D eigenvalue weighted by atomic mass is 9.83. The van der Waals surface area contributed by atoms with E-state index in [4.69, 9.17) is 0 Å². The third kappa shape index (κ3) is 2.02. The Bertz CT molecular complexity index is 821. The van der Waals surface area contributed by atoms with Gasteiger partial charge in [-0.15, -0.1) is 0 Å². The largest absolute Gasteiger partial charge is 0.543 e. The van der Waals surface area contributed by atoms with Gasteiger partial charge in [0.25, 0.3) is 0 Å². The predicted octanol–water partition coefficient (Wildman–Crippen LogP) is -1.10. The Hall–Kier alpha value is -2.19. The van der Waals surface area contributed by atoms with E-state index >= 15 is 0 Å². The minimum Gasteiger partial charge on any atom is -0.543 e. The smallest absolute Gasteiger partial charge is 0.249 e. The lowest BCUT2D eigenvalue weighted by Gasteiger charge is -2.45. The lowest BCUT2D eigenvalue weighted by Crippen LogP contribution is -2.62. The summed E-state index contributed by atoms with van der Waals surface area (Å²) in [6.07, 6.45) is 5.43. The normalized spacial score (nSPS) is 25.0. The van der Waals surface area contributed by atoms with Crippen LogP contribution >= 0.6 is 11.3 Å². The van der Waals surface area contributed by atoms with Crippen LogP contribution in [0.2, 0.25) is 0 Å². The molecule has 2 aromatic heterocycles. The maximum absolute atomic E-state index is 12.1. The van der Waals surface area contributed by atoms with Crippen LogP contribution in [0, 0.1) is 5.92 Å². The van der Waals surface area contributed by atoms with Gasteiger partial charge in [-0.05, 0) is 18.9 Å². The van der Waals surface area contributed by atoms with Gasteiger partial charge in [0.15, 0.2) is 0 Å². The molecule has 1 saturated heterocycles. The van der Waals surface area contributed by atoms with Gasteiger partial charge in [0, 0.05) is 5.38 Å². The fraction of sp³-hybridized carbons (Fsp3) is 0.400. The number of thiazole rings is 1. The van der Waals surface area contributed by atoms with Gasteiger partial charge in [0.05, 0.1) is 29.7 Å². The number of aliphatic hydroxyl groups excluding tert-OH is 1. The van der Waals surface area contributed by atoms with Crippen molar-refractivity contribution in [3.05, 3.63) is 35.4 Å². The van der Waals surface area contributed by atoms with E-state index < -0.39 is 18.0 Å². The molecule has 0 spiro atoms. The quantitative estimate of drug-likeness (QED) is 0.568. The van der Waals surface area contributed by atoms with Gasteiger partial charge in [-0.3, -0.25) is 4.79 Å². The van der Waals surface area contributed by atoms with Crippen molar-refractivity contribution in [3.63, 3.8) is 0 Å². The molecule has 2 aliphatic rings. The Kier molecular flexibility index (Phi) is 3.07. The molecule has 120 valence electrons. The Balaban J connectivity index is 1.65. The zero-order valence-electron chi connectivity index (χ0n) is 12.4. The summed E-state index contributed by atoms with van der Waals surface area (Å²) >= 11 is 1.59. The number of β-lactam (4-membered cyclic amide) rings is 1. The molecular formula is C15H15N3O4S. The molecule has 7 nitrogen and oxygen atoms in total. The van der Waals surface area contributed by atoms with Crippen LogP contribution in [0.4, 0.5) is 0 Å². The summed E-state index contributed by atoms with van der Waals surface area (Å²) in [5.74, 6) is -2.19. The number of carboxylic acids is 1. The number of nitrogens with zero attached hydrogens (tertiary/aromatic N) is 3. The van der Waals surface area contributed by atoms with Crippen LogP contribution in [0.25, 0.3) is 4.83 Å². The molecule has 0 aromatic carbocycles. The van der Waals surface area contributed by atoms with Crippen molar-refractivity contribution in [3.8, 4) is 0 Å². The van der Waals surface area contributed by atoms with Crippen molar-refractivity contribution in [1.82, 2.24) is 9.47 Å². The van der Waals surface area contributed by atoms with Gasteiger partial charge in [0.2, 0.25) is 17.1 Å². The number of aliphatic carboxylic acids is 1. The molecule has 1 N–H and O–H groups in total. The number of carbonyl (C=O) groups is 2. The van der Waals surface area contributed by atoms with Gasteiger partial charge in [0.1, 0.15) is 18.9 Å². The van der Waals surface area contributed by atoms with E-state index in [9.17, 15) is 19.8 Å². The topological polar surface area (TPSA) is 89.7 Å². The summed E-state index contributed by atoms with van der Waals surface area (Å²) in [4.78, 5) is 26.0. The van der Waals surface area contributed by atoms with Crippen LogP contribution < -0.4 is 9.51 Å². The first kappa shape index (κ1) is 14.4.